The van der Waals surface area contributed by atoms with Gasteiger partial charge in [-0.15, -0.1) is 0 Å². The van der Waals surface area contributed by atoms with E-state index in [1.165, 1.54) is 5.56 Å². The van der Waals surface area contributed by atoms with E-state index in [0.29, 0.717) is 13.1 Å². The van der Waals surface area contributed by atoms with E-state index in [0.717, 1.165) is 25.2 Å². The maximum Gasteiger partial charge on any atom is 0.226 e. The maximum atomic E-state index is 11.9. The van der Waals surface area contributed by atoms with E-state index >= 15 is 0 Å². The highest BCUT2D eigenvalue weighted by Gasteiger charge is 2.36. The molecule has 6 nitrogen and oxygen atoms in total. The van der Waals surface area contributed by atoms with Crippen molar-refractivity contribution in [1.29, 1.82) is 0 Å². The zero-order valence-electron chi connectivity index (χ0n) is 14.7. The van der Waals surface area contributed by atoms with Crippen molar-refractivity contribution in [2.45, 2.75) is 24.5 Å². The second-order valence-corrected chi connectivity index (χ2v) is 8.52. The predicted octanol–water partition coefficient (Wildman–Crippen LogP) is 0.946. The van der Waals surface area contributed by atoms with Gasteiger partial charge < -0.3 is 5.73 Å². The Balaban J connectivity index is 1.75. The number of hydrogen-bond acceptors (Lipinski definition) is 5. The van der Waals surface area contributed by atoms with Crippen LogP contribution in [0.15, 0.2) is 60.7 Å². The third-order valence-electron chi connectivity index (χ3n) is 4.85. The quantitative estimate of drug-likeness (QED) is 0.785. The molecular formula is C19H26N4O2S. The summed E-state index contributed by atoms with van der Waals surface area (Å²) in [6, 6.07) is 19.8. The lowest BCUT2D eigenvalue weighted by Crippen LogP contribution is -2.62. The van der Waals surface area contributed by atoms with Crippen LogP contribution in [-0.2, 0) is 23.1 Å². The lowest BCUT2D eigenvalue weighted by molar-refractivity contribution is 0.0620. The average molecular weight is 375 g/mol. The summed E-state index contributed by atoms with van der Waals surface area (Å²) in [6.07, 6.45) is 0. The van der Waals surface area contributed by atoms with Crippen molar-refractivity contribution >= 4 is 10.0 Å². The van der Waals surface area contributed by atoms with E-state index in [9.17, 15) is 8.42 Å². The summed E-state index contributed by atoms with van der Waals surface area (Å²) in [4.78, 5) is 4.37. The molecule has 0 aliphatic carbocycles. The molecule has 1 heterocycles. The van der Waals surface area contributed by atoms with Crippen LogP contribution in [0.3, 0.4) is 0 Å². The van der Waals surface area contributed by atoms with Crippen molar-refractivity contribution in [3.8, 4) is 0 Å². The number of sulfonamides is 1. The summed E-state index contributed by atoms with van der Waals surface area (Å²) in [5, 5.41) is 4.26. The average Bonchev–Trinajstić information content (AvgIpc) is 2.63. The fourth-order valence-corrected chi connectivity index (χ4v) is 4.13. The lowest BCUT2D eigenvalue weighted by atomic mass is 10.1. The van der Waals surface area contributed by atoms with Gasteiger partial charge in [-0.1, -0.05) is 60.7 Å². The summed E-state index contributed by atoms with van der Waals surface area (Å²) in [5.41, 5.74) is 8.38. The minimum Gasteiger partial charge on any atom is -0.313 e. The lowest BCUT2D eigenvalue weighted by Gasteiger charge is -2.43. The van der Waals surface area contributed by atoms with Crippen LogP contribution in [0.25, 0.3) is 0 Å². The van der Waals surface area contributed by atoms with Gasteiger partial charge in [0.15, 0.2) is 0 Å². The fraction of sp³-hybridized carbons (Fsp3) is 0.368. The molecule has 0 saturated carbocycles. The molecule has 4 N–H and O–H groups in total. The molecule has 26 heavy (non-hydrogen) atoms. The second-order valence-electron chi connectivity index (χ2n) is 6.80. The molecule has 1 aliphatic rings. The summed E-state index contributed by atoms with van der Waals surface area (Å²) >= 11 is 0. The molecule has 1 fully saturated rings. The summed E-state index contributed by atoms with van der Waals surface area (Å²) in [5.74, 6) is 0. The van der Waals surface area contributed by atoms with E-state index in [1.54, 1.807) is 0 Å². The molecule has 2 atom stereocenters. The van der Waals surface area contributed by atoms with Gasteiger partial charge in [0.25, 0.3) is 0 Å². The van der Waals surface area contributed by atoms with Crippen molar-refractivity contribution in [3.63, 3.8) is 0 Å². The fourth-order valence-electron chi connectivity index (χ4n) is 3.44. The second kappa shape index (κ2) is 8.28. The molecule has 2 unspecified atom stereocenters. The number of primary sulfonamides is 1. The van der Waals surface area contributed by atoms with Crippen LogP contribution in [0.4, 0.5) is 0 Å². The smallest absolute Gasteiger partial charge is 0.226 e. The molecule has 3 rings (SSSR count). The highest BCUT2D eigenvalue weighted by molar-refractivity contribution is 7.89. The van der Waals surface area contributed by atoms with Crippen LogP contribution in [0.5, 0.6) is 0 Å². The normalized spacial score (nSPS) is 20.8. The Labute approximate surface area is 155 Å². The molecule has 1 aliphatic heterocycles. The third-order valence-corrected chi connectivity index (χ3v) is 5.93. The summed E-state index contributed by atoms with van der Waals surface area (Å²) in [6.45, 7) is 3.60. The number of nitrogens with zero attached hydrogens (tertiary/aromatic N) is 2. The van der Waals surface area contributed by atoms with Gasteiger partial charge in [0.05, 0.1) is 6.04 Å². The number of nitrogens with two attached hydrogens (primary N) is 2. The van der Waals surface area contributed by atoms with Crippen LogP contribution >= 0.6 is 0 Å². The summed E-state index contributed by atoms with van der Waals surface area (Å²) < 4.78 is 23.8. The Morgan fingerprint density at radius 2 is 1.46 bits per heavy atom. The van der Waals surface area contributed by atoms with Crippen LogP contribution < -0.4 is 10.9 Å². The molecule has 0 bridgehead atoms. The van der Waals surface area contributed by atoms with E-state index in [2.05, 4.69) is 21.9 Å². The standard InChI is InChI=1S/C19H26N4O2S/c20-19(26(21,24)25)18-15-22(13-16-7-3-1-4-8-16)11-12-23(18)14-17-9-5-2-6-10-17/h1-10,18-19H,11-15,20H2,(H2,21,24,25). The van der Waals surface area contributed by atoms with Crippen molar-refractivity contribution in [3.05, 3.63) is 71.8 Å². The zero-order valence-corrected chi connectivity index (χ0v) is 15.6. The molecule has 0 spiro atoms. The Kier molecular flexibility index (Phi) is 6.05. The van der Waals surface area contributed by atoms with Crippen molar-refractivity contribution < 1.29 is 8.42 Å². The van der Waals surface area contributed by atoms with Gasteiger partial charge >= 0.3 is 0 Å². The van der Waals surface area contributed by atoms with E-state index < -0.39 is 15.4 Å². The van der Waals surface area contributed by atoms with Crippen molar-refractivity contribution in [2.75, 3.05) is 19.6 Å². The first kappa shape index (κ1) is 19.0. The molecular weight excluding hydrogens is 348 g/mol. The van der Waals surface area contributed by atoms with Crippen LogP contribution in [0.2, 0.25) is 0 Å². The van der Waals surface area contributed by atoms with Crippen LogP contribution in [0, 0.1) is 0 Å². The molecule has 7 heteroatoms. The van der Waals surface area contributed by atoms with Gasteiger partial charge in [0.2, 0.25) is 10.0 Å². The van der Waals surface area contributed by atoms with E-state index in [-0.39, 0.29) is 6.04 Å². The van der Waals surface area contributed by atoms with Crippen LogP contribution in [0.1, 0.15) is 11.1 Å². The van der Waals surface area contributed by atoms with Gasteiger partial charge in [-0.2, -0.15) is 0 Å². The molecule has 0 radical (unpaired) electrons. The molecule has 1 saturated heterocycles. The van der Waals surface area contributed by atoms with E-state index in [1.807, 2.05) is 48.5 Å². The molecule has 140 valence electrons. The largest absolute Gasteiger partial charge is 0.313 e. The predicted molar refractivity (Wildman–Crippen MR) is 103 cm³/mol. The molecule has 2 aromatic carbocycles. The van der Waals surface area contributed by atoms with Gasteiger partial charge in [-0.05, 0) is 11.1 Å². The number of hydrogen-bond donors (Lipinski definition) is 2. The van der Waals surface area contributed by atoms with Gasteiger partial charge in [0.1, 0.15) is 5.37 Å². The number of rotatable bonds is 6. The Hall–Kier alpha value is -1.77. The Morgan fingerprint density at radius 1 is 0.923 bits per heavy atom. The first-order valence-corrected chi connectivity index (χ1v) is 10.4. The van der Waals surface area contributed by atoms with Gasteiger partial charge in [-0.3, -0.25) is 9.80 Å². The first-order chi connectivity index (χ1) is 12.4. The number of benzene rings is 2. The van der Waals surface area contributed by atoms with Gasteiger partial charge in [0, 0.05) is 32.7 Å². The van der Waals surface area contributed by atoms with Crippen LogP contribution in [-0.4, -0.2) is 49.3 Å². The van der Waals surface area contributed by atoms with Crippen molar-refractivity contribution in [2.24, 2.45) is 10.9 Å². The zero-order chi connectivity index (χ0) is 18.6. The minimum absolute atomic E-state index is 0.345. The molecule has 2 aromatic rings. The third kappa shape index (κ3) is 4.90. The first-order valence-electron chi connectivity index (χ1n) is 8.75. The monoisotopic (exact) mass is 374 g/mol. The maximum absolute atomic E-state index is 11.9. The van der Waals surface area contributed by atoms with Gasteiger partial charge in [-0.25, -0.2) is 13.6 Å². The summed E-state index contributed by atoms with van der Waals surface area (Å²) in [7, 11) is -3.81. The molecule has 0 aromatic heterocycles. The minimum atomic E-state index is -3.81. The molecule has 0 amide bonds. The number of piperazine rings is 1. The highest BCUT2D eigenvalue weighted by Crippen LogP contribution is 2.19. The van der Waals surface area contributed by atoms with E-state index in [4.69, 9.17) is 10.9 Å². The highest BCUT2D eigenvalue weighted by atomic mass is 32.2. The Morgan fingerprint density at radius 3 is 2.00 bits per heavy atom. The Bertz CT molecular complexity index is 799. The topological polar surface area (TPSA) is 92.7 Å². The van der Waals surface area contributed by atoms with Crippen molar-refractivity contribution in [1.82, 2.24) is 9.80 Å². The SMILES string of the molecule is NC(C1CN(Cc2ccccc2)CCN1Cc1ccccc1)S(N)(=O)=O.